The van der Waals surface area contributed by atoms with E-state index in [1.165, 1.54) is 140 Å². The predicted molar refractivity (Wildman–Crippen MR) is 465 cm³/mol. The largest absolute Gasteiger partial charge is 0.507 e. The van der Waals surface area contributed by atoms with Crippen LogP contribution in [0, 0.1) is 0 Å². The third-order valence-electron chi connectivity index (χ3n) is 20.7. The van der Waals surface area contributed by atoms with Gasteiger partial charge in [-0.1, -0.05) is 53.7 Å². The summed E-state index contributed by atoms with van der Waals surface area (Å²) in [6.45, 7) is 12.4. The maximum atomic E-state index is 12.0. The molecule has 30 heteroatoms. The van der Waals surface area contributed by atoms with Crippen LogP contribution in [0.15, 0.2) is 119 Å². The second-order valence-electron chi connectivity index (χ2n) is 29.6. The summed E-state index contributed by atoms with van der Waals surface area (Å²) >= 11 is 0. The van der Waals surface area contributed by atoms with Crippen molar-refractivity contribution in [1.82, 2.24) is 39.9 Å². The van der Waals surface area contributed by atoms with Gasteiger partial charge in [0, 0.05) is 57.0 Å². The Bertz CT molecular complexity index is 5710. The van der Waals surface area contributed by atoms with Crippen molar-refractivity contribution in [1.29, 1.82) is 0 Å². The number of phenolic OH excluding ortho intramolecular Hbond substituents is 2. The molecule has 11 aromatic rings. The van der Waals surface area contributed by atoms with Crippen molar-refractivity contribution < 1.29 is 95.5 Å². The van der Waals surface area contributed by atoms with E-state index >= 15 is 0 Å². The zero-order chi connectivity index (χ0) is 87.5. The lowest BCUT2D eigenvalue weighted by molar-refractivity contribution is 0.324. The number of phenols is 2. The molecule has 0 unspecified atom stereocenters. The van der Waals surface area contributed by atoms with Gasteiger partial charge in [0.2, 0.25) is 34.5 Å². The number of aromatic hydroxyl groups is 2. The number of benzene rings is 8. The number of nitrogens with zero attached hydrogens (tertiary/aromatic N) is 8. The van der Waals surface area contributed by atoms with Crippen molar-refractivity contribution in [2.24, 2.45) is 9.98 Å². The molecule has 5 heterocycles. The van der Waals surface area contributed by atoms with Crippen molar-refractivity contribution >= 4 is 57.6 Å². The average Bonchev–Trinajstić information content (AvgIpc) is 1.57. The highest BCUT2D eigenvalue weighted by atomic mass is 16.6. The van der Waals surface area contributed by atoms with Gasteiger partial charge in [-0.05, 0) is 152 Å². The third-order valence-corrected chi connectivity index (χ3v) is 20.7. The molecule has 3 aromatic heterocycles. The third kappa shape index (κ3) is 15.8. The Morgan fingerprint density at radius 1 is 0.262 bits per heavy atom. The van der Waals surface area contributed by atoms with E-state index in [-0.39, 0.29) is 172 Å². The monoisotopic (exact) mass is 1660 g/mol. The lowest BCUT2D eigenvalue weighted by Crippen LogP contribution is -2.11. The topological polar surface area (TPSA) is 340 Å². The van der Waals surface area contributed by atoms with Crippen LogP contribution in [0.2, 0.25) is 0 Å². The Morgan fingerprint density at radius 3 is 0.672 bits per heavy atom. The number of hydrogen-bond donors (Lipinski definition) is 4. The molecule has 0 saturated heterocycles. The number of nitrogens with one attached hydrogen (secondary N) is 2. The number of fused-ring (bicyclic) bond motifs is 8. The van der Waals surface area contributed by atoms with Crippen LogP contribution in [0.4, 0.5) is 0 Å². The minimum atomic E-state index is -0.398. The fraction of sp³-hybridized carbons (Fsp3) is 0.283. The van der Waals surface area contributed by atoms with E-state index in [9.17, 15) is 10.2 Å². The molecule has 30 nitrogen and oxygen atoms in total. The van der Waals surface area contributed by atoms with Gasteiger partial charge < -0.3 is 105 Å². The van der Waals surface area contributed by atoms with E-state index < -0.39 is 10.8 Å². The molecule has 8 bridgehead atoms. The van der Waals surface area contributed by atoms with E-state index in [1.54, 1.807) is 84.9 Å². The van der Waals surface area contributed by atoms with Crippen LogP contribution in [-0.2, 0) is 10.8 Å². The van der Waals surface area contributed by atoms with Gasteiger partial charge in [0.05, 0.1) is 128 Å². The molecule has 0 spiro atoms. The van der Waals surface area contributed by atoms with Gasteiger partial charge in [0.25, 0.3) is 0 Å². The Morgan fingerprint density at radius 2 is 0.467 bits per heavy atom. The number of aromatic nitrogens is 8. The normalized spacial score (nSPS) is 12.2. The maximum Gasteiger partial charge on any atom is 0.203 e. The van der Waals surface area contributed by atoms with Gasteiger partial charge in [-0.3, -0.25) is 0 Å². The Kier molecular flexibility index (Phi) is 24.6. The maximum absolute atomic E-state index is 12.0. The molecule has 2 aliphatic rings. The summed E-state index contributed by atoms with van der Waals surface area (Å²) in [5.74, 6) is 4.08. The SMILES string of the molecule is COc1cc(C2=C(c3cc(OC)c(OC)c(OC)c3)c3nc2nc2[nH]c(nc4nc(nc5[nH]c(n3)c(-c3cc(OC)c(OC)c(OC)c3)c5-c3cc(OC)c(OC)c(OC)c3)C(N=Cc3cc(C(C)(C)C)ccc3O)=C4N=Cc3cc(C(C)(C)C)ccc3O)c(-c3cc(OC)c(OC)c(OC)c3)c2-c2cc(OC)c(OC)c(OC)c2)cc(OC)c1OC. The van der Waals surface area contributed by atoms with Gasteiger partial charge in [-0.2, -0.15) is 0 Å². The van der Waals surface area contributed by atoms with Crippen molar-refractivity contribution in [3.63, 3.8) is 0 Å². The van der Waals surface area contributed by atoms with E-state index in [2.05, 4.69) is 51.5 Å². The van der Waals surface area contributed by atoms with Crippen molar-refractivity contribution in [2.75, 3.05) is 128 Å². The number of aliphatic imine (C=N–C) groups is 2. The molecule has 8 aromatic carbocycles. The molecule has 0 amide bonds. The van der Waals surface area contributed by atoms with Crippen LogP contribution < -0.4 is 85.3 Å². The van der Waals surface area contributed by atoms with E-state index in [1.807, 2.05) is 24.3 Å². The second-order valence-corrected chi connectivity index (χ2v) is 29.6. The summed E-state index contributed by atoms with van der Waals surface area (Å²) in [5, 5.41) is 24.0. The smallest absolute Gasteiger partial charge is 0.203 e. The van der Waals surface area contributed by atoms with Crippen LogP contribution in [-0.4, -0.2) is 190 Å². The standard InChI is InChI=1S/C92H96N10O20/c1-91(2,3)53-25-27-55(103)51(29-53)43-93-75-76(94-44-52-30-54(92(4,5)6)26-28-56(52)104)90-101-88-74(50-41-67(115-17)82(122-24)68(42-50)116-18)72(48-37-63(111-13)80(120-22)64(38-48)112-14)86(99-88)97-84-70(46-33-59(107-9)78(118-20)60(34-46)108-10)69(45-31-57(105-7)77(117-19)58(32-45)106-8)83(95-84)96-85-71(47-35-61(109-11)79(119-21)62(36-47)110-12)73(87(98-85)100-89(75)102-90)49-39-65(113-15)81(121-23)66(40-49)114-16/h25-44,103-104H,1-24H3,(H2,95,96,97,98,99,100,101,102). The lowest BCUT2D eigenvalue weighted by atomic mass is 9.86. The van der Waals surface area contributed by atoms with E-state index in [0.29, 0.717) is 77.9 Å². The first-order valence-electron chi connectivity index (χ1n) is 38.1. The van der Waals surface area contributed by atoms with Gasteiger partial charge >= 0.3 is 0 Å². The molecular formula is C92H96N10O20. The number of hydrogen-bond acceptors (Lipinski definition) is 28. The Hall–Kier alpha value is -14.6. The van der Waals surface area contributed by atoms with Crippen molar-refractivity contribution in [2.45, 2.75) is 52.4 Å². The highest BCUT2D eigenvalue weighted by Crippen LogP contribution is 2.54. The van der Waals surface area contributed by atoms with Crippen molar-refractivity contribution in [3.8, 4) is 159 Å². The molecule has 634 valence electrons. The highest BCUT2D eigenvalue weighted by molar-refractivity contribution is 6.09. The van der Waals surface area contributed by atoms with Crippen LogP contribution in [0.25, 0.3) is 89.6 Å². The highest BCUT2D eigenvalue weighted by Gasteiger charge is 2.35. The number of aromatic amines is 2. The van der Waals surface area contributed by atoms with E-state index in [0.717, 1.165) is 11.1 Å². The Labute approximate surface area is 705 Å². The first-order chi connectivity index (χ1) is 58.7. The molecule has 0 fully saturated rings. The van der Waals surface area contributed by atoms with Crippen LogP contribution in [0.5, 0.6) is 115 Å². The van der Waals surface area contributed by atoms with Crippen LogP contribution >= 0.6 is 0 Å². The molecule has 0 aliphatic carbocycles. The summed E-state index contributed by atoms with van der Waals surface area (Å²) in [4.78, 5) is 52.3. The van der Waals surface area contributed by atoms with Crippen LogP contribution in [0.1, 0.15) is 98.2 Å². The number of methoxy groups -OCH3 is 18. The summed E-state index contributed by atoms with van der Waals surface area (Å²) in [6.07, 6.45) is 3.01. The molecule has 13 rings (SSSR count). The lowest BCUT2D eigenvalue weighted by Gasteiger charge is -2.19. The molecule has 0 saturated carbocycles. The quantitative estimate of drug-likeness (QED) is 0.0331. The fourth-order valence-corrected chi connectivity index (χ4v) is 14.7. The van der Waals surface area contributed by atoms with Gasteiger partial charge in [0.1, 0.15) is 45.5 Å². The summed E-state index contributed by atoms with van der Waals surface area (Å²) in [5.41, 5.74) is 6.12. The molecular weight excluding hydrogens is 1570 g/mol. The summed E-state index contributed by atoms with van der Waals surface area (Å²) in [6, 6.07) is 31.8. The molecule has 0 radical (unpaired) electrons. The van der Waals surface area contributed by atoms with Gasteiger partial charge in [-0.25, -0.2) is 39.9 Å². The van der Waals surface area contributed by atoms with Crippen LogP contribution in [0.3, 0.4) is 0 Å². The molecule has 122 heavy (non-hydrogen) atoms. The minimum absolute atomic E-state index is 0.00540. The average molecular weight is 1660 g/mol. The molecule has 0 atom stereocenters. The fourth-order valence-electron chi connectivity index (χ4n) is 14.7. The van der Waals surface area contributed by atoms with E-state index in [4.69, 9.17) is 125 Å². The first kappa shape index (κ1) is 85.3. The molecule has 4 N–H and O–H groups in total. The van der Waals surface area contributed by atoms with Crippen molar-refractivity contribution in [3.05, 3.63) is 166 Å². The summed E-state index contributed by atoms with van der Waals surface area (Å²) < 4.78 is 110. The zero-order valence-electron chi connectivity index (χ0n) is 72.4. The van der Waals surface area contributed by atoms with Gasteiger partial charge in [0.15, 0.2) is 92.3 Å². The summed E-state index contributed by atoms with van der Waals surface area (Å²) in [7, 11) is 27.1. The Balaban J connectivity index is 1.39. The minimum Gasteiger partial charge on any atom is -0.507 e. The molecule has 2 aliphatic heterocycles. The first-order valence-corrected chi connectivity index (χ1v) is 38.1. The zero-order valence-corrected chi connectivity index (χ0v) is 72.4. The predicted octanol–water partition coefficient (Wildman–Crippen LogP) is 16.8. The number of ether oxygens (including phenoxy) is 18. The number of H-pyrrole nitrogens is 2. The number of rotatable bonds is 28. The second kappa shape index (κ2) is 35.2. The van der Waals surface area contributed by atoms with Gasteiger partial charge in [-0.15, -0.1) is 0 Å².